The van der Waals surface area contributed by atoms with E-state index in [1.807, 2.05) is 36.4 Å². The number of hydrogen-bond donors (Lipinski definition) is 2. The van der Waals surface area contributed by atoms with Crippen LogP contribution >= 0.6 is 0 Å². The summed E-state index contributed by atoms with van der Waals surface area (Å²) in [4.78, 5) is 0. The van der Waals surface area contributed by atoms with Crippen LogP contribution in [0.5, 0.6) is 0 Å². The van der Waals surface area contributed by atoms with Crippen molar-refractivity contribution in [2.24, 2.45) is 5.73 Å². The molecule has 2 rings (SSSR count). The largest absolute Gasteiger partial charge is 0.399 e. The second-order valence-electron chi connectivity index (χ2n) is 3.97. The van der Waals surface area contributed by atoms with Crippen molar-refractivity contribution in [3.05, 3.63) is 65.7 Å². The van der Waals surface area contributed by atoms with Crippen molar-refractivity contribution >= 4 is 5.69 Å². The molecule has 4 N–H and O–H groups in total. The van der Waals surface area contributed by atoms with Gasteiger partial charge in [-0.15, -0.1) is 0 Å². The van der Waals surface area contributed by atoms with Gasteiger partial charge in [-0.3, -0.25) is 0 Å². The molecule has 0 radical (unpaired) electrons. The Kier molecular flexibility index (Phi) is 3.22. The lowest BCUT2D eigenvalue weighted by Crippen LogP contribution is -2.13. The van der Waals surface area contributed by atoms with Crippen molar-refractivity contribution < 1.29 is 0 Å². The highest BCUT2D eigenvalue weighted by Gasteiger charge is 2.06. The fourth-order valence-electron chi connectivity index (χ4n) is 1.79. The van der Waals surface area contributed by atoms with E-state index in [1.54, 1.807) is 0 Å². The normalized spacial score (nSPS) is 12.3. The van der Waals surface area contributed by atoms with Crippen LogP contribution in [0.1, 0.15) is 17.2 Å². The Morgan fingerprint density at radius 3 is 2.38 bits per heavy atom. The third-order valence-electron chi connectivity index (χ3n) is 2.63. The lowest BCUT2D eigenvalue weighted by Gasteiger charge is -2.12. The number of hydrogen-bond acceptors (Lipinski definition) is 2. The average Bonchev–Trinajstić information content (AvgIpc) is 2.30. The number of rotatable bonds is 3. The monoisotopic (exact) mass is 212 g/mol. The van der Waals surface area contributed by atoms with Crippen molar-refractivity contribution in [3.8, 4) is 0 Å². The van der Waals surface area contributed by atoms with Crippen molar-refractivity contribution in [2.75, 3.05) is 5.73 Å². The predicted molar refractivity (Wildman–Crippen MR) is 67.9 cm³/mol. The smallest absolute Gasteiger partial charge is 0.0335 e. The fourth-order valence-corrected chi connectivity index (χ4v) is 1.79. The summed E-state index contributed by atoms with van der Waals surface area (Å²) < 4.78 is 0. The first-order chi connectivity index (χ1) is 7.75. The molecule has 0 unspecified atom stereocenters. The topological polar surface area (TPSA) is 52.0 Å². The predicted octanol–water partition coefficient (Wildman–Crippen LogP) is 2.51. The molecule has 0 saturated heterocycles. The zero-order valence-corrected chi connectivity index (χ0v) is 9.14. The van der Waals surface area contributed by atoms with E-state index in [0.717, 1.165) is 17.7 Å². The van der Waals surface area contributed by atoms with E-state index in [4.69, 9.17) is 11.5 Å². The van der Waals surface area contributed by atoms with Crippen LogP contribution in [-0.4, -0.2) is 0 Å². The van der Waals surface area contributed by atoms with Gasteiger partial charge in [0.05, 0.1) is 0 Å². The Morgan fingerprint density at radius 1 is 0.938 bits per heavy atom. The maximum absolute atomic E-state index is 6.14. The van der Waals surface area contributed by atoms with Crippen LogP contribution in [0, 0.1) is 0 Å². The summed E-state index contributed by atoms with van der Waals surface area (Å²) in [7, 11) is 0. The third-order valence-corrected chi connectivity index (χ3v) is 2.63. The second kappa shape index (κ2) is 4.81. The van der Waals surface area contributed by atoms with E-state index < -0.39 is 0 Å². The zero-order chi connectivity index (χ0) is 11.4. The molecular formula is C14H16N2. The molecule has 0 aromatic heterocycles. The molecule has 0 aliphatic rings. The molecule has 0 aliphatic heterocycles. The molecule has 0 spiro atoms. The maximum atomic E-state index is 6.14. The van der Waals surface area contributed by atoms with Gasteiger partial charge in [0.1, 0.15) is 0 Å². The minimum atomic E-state index is 0.0306. The van der Waals surface area contributed by atoms with Gasteiger partial charge in [-0.1, -0.05) is 42.5 Å². The summed E-state index contributed by atoms with van der Waals surface area (Å²) in [6, 6.07) is 18.0. The Morgan fingerprint density at radius 2 is 1.69 bits per heavy atom. The van der Waals surface area contributed by atoms with Crippen molar-refractivity contribution in [3.63, 3.8) is 0 Å². The Labute approximate surface area is 95.9 Å². The molecule has 2 heteroatoms. The number of anilines is 1. The minimum absolute atomic E-state index is 0.0306. The summed E-state index contributed by atoms with van der Waals surface area (Å²) in [5.74, 6) is 0. The van der Waals surface area contributed by atoms with Gasteiger partial charge in [0.25, 0.3) is 0 Å². The van der Waals surface area contributed by atoms with Gasteiger partial charge in [-0.05, 0) is 29.7 Å². The maximum Gasteiger partial charge on any atom is 0.0335 e. The molecule has 0 saturated carbocycles. The summed E-state index contributed by atoms with van der Waals surface area (Å²) in [5, 5.41) is 0. The van der Waals surface area contributed by atoms with Crippen LogP contribution in [0.2, 0.25) is 0 Å². The van der Waals surface area contributed by atoms with Crippen LogP contribution < -0.4 is 11.5 Å². The molecule has 2 aromatic carbocycles. The first kappa shape index (κ1) is 10.7. The van der Waals surface area contributed by atoms with E-state index in [1.165, 1.54) is 5.56 Å². The summed E-state index contributed by atoms with van der Waals surface area (Å²) in [5.41, 5.74) is 15.0. The summed E-state index contributed by atoms with van der Waals surface area (Å²) in [6.07, 6.45) is 0.815. The molecule has 2 nitrogen and oxygen atoms in total. The third kappa shape index (κ3) is 2.61. The van der Waals surface area contributed by atoms with Gasteiger partial charge in [0, 0.05) is 11.7 Å². The van der Waals surface area contributed by atoms with Gasteiger partial charge in [0.15, 0.2) is 0 Å². The van der Waals surface area contributed by atoms with Crippen LogP contribution in [-0.2, 0) is 6.42 Å². The highest BCUT2D eigenvalue weighted by atomic mass is 14.6. The number of benzene rings is 2. The van der Waals surface area contributed by atoms with E-state index in [9.17, 15) is 0 Å². The molecule has 82 valence electrons. The molecule has 2 aromatic rings. The zero-order valence-electron chi connectivity index (χ0n) is 9.14. The molecule has 0 amide bonds. The molecular weight excluding hydrogens is 196 g/mol. The molecule has 1 atom stereocenters. The summed E-state index contributed by atoms with van der Waals surface area (Å²) in [6.45, 7) is 0. The quantitative estimate of drug-likeness (QED) is 0.768. The van der Waals surface area contributed by atoms with Gasteiger partial charge in [-0.25, -0.2) is 0 Å². The van der Waals surface area contributed by atoms with Crippen LogP contribution in [0.4, 0.5) is 5.69 Å². The first-order valence-electron chi connectivity index (χ1n) is 5.40. The Balaban J connectivity index is 2.11. The van der Waals surface area contributed by atoms with Crippen molar-refractivity contribution in [1.29, 1.82) is 0 Å². The molecule has 0 aliphatic carbocycles. The lowest BCUT2D eigenvalue weighted by molar-refractivity contribution is 0.722. The fraction of sp³-hybridized carbons (Fsp3) is 0.143. The van der Waals surface area contributed by atoms with Crippen LogP contribution in [0.3, 0.4) is 0 Å². The van der Waals surface area contributed by atoms with Gasteiger partial charge in [0.2, 0.25) is 0 Å². The highest BCUT2D eigenvalue weighted by Crippen LogP contribution is 2.17. The number of nitrogens with two attached hydrogens (primary N) is 2. The molecule has 0 heterocycles. The van der Waals surface area contributed by atoms with Crippen molar-refractivity contribution in [1.82, 2.24) is 0 Å². The first-order valence-corrected chi connectivity index (χ1v) is 5.40. The van der Waals surface area contributed by atoms with Crippen LogP contribution in [0.25, 0.3) is 0 Å². The molecule has 0 bridgehead atoms. The van der Waals surface area contributed by atoms with Gasteiger partial charge >= 0.3 is 0 Å². The van der Waals surface area contributed by atoms with E-state index >= 15 is 0 Å². The highest BCUT2D eigenvalue weighted by molar-refractivity contribution is 5.41. The summed E-state index contributed by atoms with van der Waals surface area (Å²) >= 11 is 0. The standard InChI is InChI=1S/C14H16N2/c15-13-8-4-5-11(9-13)10-14(16)12-6-2-1-3-7-12/h1-9,14H,10,15-16H2/t14-/m0/s1. The van der Waals surface area contributed by atoms with E-state index in [0.29, 0.717) is 0 Å². The van der Waals surface area contributed by atoms with Crippen molar-refractivity contribution in [2.45, 2.75) is 12.5 Å². The molecule has 16 heavy (non-hydrogen) atoms. The Bertz CT molecular complexity index is 451. The SMILES string of the molecule is Nc1cccc(C[C@H](N)c2ccccc2)c1. The average molecular weight is 212 g/mol. The lowest BCUT2D eigenvalue weighted by atomic mass is 9.99. The van der Waals surface area contributed by atoms with Gasteiger partial charge in [-0.2, -0.15) is 0 Å². The van der Waals surface area contributed by atoms with E-state index in [-0.39, 0.29) is 6.04 Å². The van der Waals surface area contributed by atoms with Gasteiger partial charge < -0.3 is 11.5 Å². The number of nitrogen functional groups attached to an aromatic ring is 1. The second-order valence-corrected chi connectivity index (χ2v) is 3.97. The van der Waals surface area contributed by atoms with Crippen LogP contribution in [0.15, 0.2) is 54.6 Å². The Hall–Kier alpha value is -1.80. The molecule has 0 fully saturated rings. The van der Waals surface area contributed by atoms with E-state index in [2.05, 4.69) is 18.2 Å². The minimum Gasteiger partial charge on any atom is -0.399 e.